The largest absolute Gasteiger partial charge is 0.454 e. The highest BCUT2D eigenvalue weighted by Crippen LogP contribution is 2.41. The van der Waals surface area contributed by atoms with E-state index in [1.807, 2.05) is 26.1 Å². The molecule has 20 heavy (non-hydrogen) atoms. The molecule has 1 aromatic rings. The van der Waals surface area contributed by atoms with Crippen molar-refractivity contribution in [1.29, 1.82) is 0 Å². The zero-order valence-electron chi connectivity index (χ0n) is 11.9. The van der Waals surface area contributed by atoms with Crippen LogP contribution in [0.25, 0.3) is 0 Å². The molecule has 1 unspecified atom stereocenters. The van der Waals surface area contributed by atoms with Crippen LogP contribution in [-0.2, 0) is 4.74 Å². The van der Waals surface area contributed by atoms with Crippen molar-refractivity contribution in [3.8, 4) is 11.5 Å². The first-order chi connectivity index (χ1) is 9.67. The summed E-state index contributed by atoms with van der Waals surface area (Å²) in [5.41, 5.74) is 6.94. The van der Waals surface area contributed by atoms with E-state index < -0.39 is 0 Å². The summed E-state index contributed by atoms with van der Waals surface area (Å²) in [6.07, 6.45) is 0. The van der Waals surface area contributed by atoms with Gasteiger partial charge in [-0.3, -0.25) is 4.90 Å². The van der Waals surface area contributed by atoms with Crippen LogP contribution in [0.1, 0.15) is 18.5 Å². The van der Waals surface area contributed by atoms with E-state index in [2.05, 4.69) is 4.90 Å². The second-order valence-corrected chi connectivity index (χ2v) is 5.07. The predicted octanol–water partition coefficient (Wildman–Crippen LogP) is 2.04. The van der Waals surface area contributed by atoms with Crippen LogP contribution < -0.4 is 15.2 Å². The van der Waals surface area contributed by atoms with Gasteiger partial charge in [-0.1, -0.05) is 11.6 Å². The summed E-state index contributed by atoms with van der Waals surface area (Å²) < 4.78 is 16.1. The third-order valence-corrected chi connectivity index (χ3v) is 3.66. The molecule has 1 heterocycles. The second-order valence-electron chi connectivity index (χ2n) is 4.67. The molecule has 0 saturated heterocycles. The molecule has 2 rings (SSSR count). The molecule has 0 aromatic heterocycles. The second kappa shape index (κ2) is 7.13. The number of benzene rings is 1. The molecule has 0 fully saturated rings. The van der Waals surface area contributed by atoms with Crippen LogP contribution >= 0.6 is 11.6 Å². The van der Waals surface area contributed by atoms with Crippen molar-refractivity contribution in [2.75, 3.05) is 40.1 Å². The maximum absolute atomic E-state index is 6.22. The first-order valence-corrected chi connectivity index (χ1v) is 7.12. The van der Waals surface area contributed by atoms with Crippen molar-refractivity contribution >= 4 is 11.6 Å². The lowest BCUT2D eigenvalue weighted by molar-refractivity contribution is 0.108. The van der Waals surface area contributed by atoms with Gasteiger partial charge >= 0.3 is 0 Å². The Balaban J connectivity index is 2.13. The Bertz CT molecular complexity index is 456. The van der Waals surface area contributed by atoms with E-state index in [0.29, 0.717) is 29.7 Å². The molecule has 0 saturated carbocycles. The minimum atomic E-state index is 0.0717. The van der Waals surface area contributed by atoms with E-state index in [9.17, 15) is 0 Å². The van der Waals surface area contributed by atoms with E-state index in [4.69, 9.17) is 31.5 Å². The summed E-state index contributed by atoms with van der Waals surface area (Å²) in [5, 5.41) is 0.562. The molecule has 0 bridgehead atoms. The zero-order chi connectivity index (χ0) is 14.5. The molecule has 1 aliphatic rings. The highest BCUT2D eigenvalue weighted by atomic mass is 35.5. The van der Waals surface area contributed by atoms with Crippen LogP contribution in [0.4, 0.5) is 0 Å². The summed E-state index contributed by atoms with van der Waals surface area (Å²) in [6.45, 7) is 4.91. The van der Waals surface area contributed by atoms with Gasteiger partial charge in [0.2, 0.25) is 6.79 Å². The maximum atomic E-state index is 6.22. The van der Waals surface area contributed by atoms with Crippen LogP contribution in [0, 0.1) is 0 Å². The number of fused-ring (bicyclic) bond motifs is 1. The molecule has 0 radical (unpaired) electrons. The van der Waals surface area contributed by atoms with Crippen molar-refractivity contribution in [2.24, 2.45) is 5.73 Å². The topological polar surface area (TPSA) is 57.0 Å². The van der Waals surface area contributed by atoms with Crippen LogP contribution in [0.2, 0.25) is 5.02 Å². The molecule has 2 N–H and O–H groups in total. The quantitative estimate of drug-likeness (QED) is 0.781. The average molecular weight is 301 g/mol. The van der Waals surface area contributed by atoms with Crippen molar-refractivity contribution in [2.45, 2.75) is 13.0 Å². The number of nitrogens with two attached hydrogens (primary N) is 1. The van der Waals surface area contributed by atoms with Crippen LogP contribution in [0.3, 0.4) is 0 Å². The van der Waals surface area contributed by atoms with E-state index in [0.717, 1.165) is 18.7 Å². The molecule has 5 nitrogen and oxygen atoms in total. The molecule has 1 aromatic carbocycles. The number of hydrogen-bond donors (Lipinski definition) is 1. The highest BCUT2D eigenvalue weighted by molar-refractivity contribution is 6.32. The van der Waals surface area contributed by atoms with Gasteiger partial charge in [-0.15, -0.1) is 0 Å². The fourth-order valence-electron chi connectivity index (χ4n) is 2.26. The van der Waals surface area contributed by atoms with Gasteiger partial charge in [-0.2, -0.15) is 0 Å². The Hall–Kier alpha value is -1.01. The summed E-state index contributed by atoms with van der Waals surface area (Å²) in [4.78, 5) is 2.16. The van der Waals surface area contributed by atoms with Crippen molar-refractivity contribution in [1.82, 2.24) is 4.90 Å². The van der Waals surface area contributed by atoms with E-state index in [-0.39, 0.29) is 12.8 Å². The predicted molar refractivity (Wildman–Crippen MR) is 78.5 cm³/mol. The minimum Gasteiger partial charge on any atom is -0.454 e. The highest BCUT2D eigenvalue weighted by Gasteiger charge is 2.23. The number of halogens is 1. The van der Waals surface area contributed by atoms with Crippen LogP contribution in [0.15, 0.2) is 12.1 Å². The van der Waals surface area contributed by atoms with Gasteiger partial charge in [0.15, 0.2) is 11.5 Å². The number of hydrogen-bond acceptors (Lipinski definition) is 5. The number of rotatable bonds is 7. The van der Waals surface area contributed by atoms with Crippen molar-refractivity contribution in [3.05, 3.63) is 22.7 Å². The lowest BCUT2D eigenvalue weighted by atomic mass is 10.0. The standard InChI is InChI=1S/C14H21ClN2O3/c1-3-18-5-4-17(2)12(8-16)10-6-11(15)14-13(7-10)19-9-20-14/h6-7,12H,3-5,8-9,16H2,1-2H3. The van der Waals surface area contributed by atoms with Gasteiger partial charge in [0.1, 0.15) is 0 Å². The summed E-state index contributed by atoms with van der Waals surface area (Å²) >= 11 is 6.22. The summed E-state index contributed by atoms with van der Waals surface area (Å²) in [5.74, 6) is 1.30. The summed E-state index contributed by atoms with van der Waals surface area (Å²) in [7, 11) is 2.02. The fourth-order valence-corrected chi connectivity index (χ4v) is 2.53. The van der Waals surface area contributed by atoms with Crippen molar-refractivity contribution in [3.63, 3.8) is 0 Å². The van der Waals surface area contributed by atoms with Gasteiger partial charge in [0.05, 0.1) is 11.6 Å². The SMILES string of the molecule is CCOCCN(C)C(CN)c1cc(Cl)c2c(c1)OCO2. The fraction of sp³-hybridized carbons (Fsp3) is 0.571. The Morgan fingerprint density at radius 3 is 2.95 bits per heavy atom. The van der Waals surface area contributed by atoms with Gasteiger partial charge < -0.3 is 19.9 Å². The summed E-state index contributed by atoms with van der Waals surface area (Å²) in [6, 6.07) is 3.91. The molecule has 0 aliphatic carbocycles. The number of nitrogens with zero attached hydrogens (tertiary/aromatic N) is 1. The van der Waals surface area contributed by atoms with Gasteiger partial charge in [0, 0.05) is 25.7 Å². The van der Waals surface area contributed by atoms with E-state index in [1.54, 1.807) is 0 Å². The molecule has 1 aliphatic heterocycles. The van der Waals surface area contributed by atoms with Gasteiger partial charge in [-0.05, 0) is 31.7 Å². The molecule has 1 atom stereocenters. The van der Waals surface area contributed by atoms with Gasteiger partial charge in [0.25, 0.3) is 0 Å². The Labute approximate surface area is 124 Å². The monoisotopic (exact) mass is 300 g/mol. The third-order valence-electron chi connectivity index (χ3n) is 3.38. The Morgan fingerprint density at radius 1 is 1.45 bits per heavy atom. The molecule has 0 spiro atoms. The van der Waals surface area contributed by atoms with E-state index in [1.165, 1.54) is 0 Å². The third kappa shape index (κ3) is 3.35. The Kier molecular flexibility index (Phi) is 5.48. The molecular weight excluding hydrogens is 280 g/mol. The van der Waals surface area contributed by atoms with Crippen LogP contribution in [-0.4, -0.2) is 45.0 Å². The molecular formula is C14H21ClN2O3. The lowest BCUT2D eigenvalue weighted by Gasteiger charge is -2.27. The first kappa shape index (κ1) is 15.4. The van der Waals surface area contributed by atoms with Crippen LogP contribution in [0.5, 0.6) is 11.5 Å². The normalized spacial score (nSPS) is 14.8. The van der Waals surface area contributed by atoms with Crippen molar-refractivity contribution < 1.29 is 14.2 Å². The Morgan fingerprint density at radius 2 is 2.25 bits per heavy atom. The lowest BCUT2D eigenvalue weighted by Crippen LogP contribution is -2.33. The zero-order valence-corrected chi connectivity index (χ0v) is 12.7. The van der Waals surface area contributed by atoms with Gasteiger partial charge in [-0.25, -0.2) is 0 Å². The maximum Gasteiger partial charge on any atom is 0.231 e. The van der Waals surface area contributed by atoms with E-state index >= 15 is 0 Å². The first-order valence-electron chi connectivity index (χ1n) is 6.74. The molecule has 6 heteroatoms. The molecule has 0 amide bonds. The smallest absolute Gasteiger partial charge is 0.231 e. The minimum absolute atomic E-state index is 0.0717. The molecule has 112 valence electrons. The number of ether oxygens (including phenoxy) is 3. The average Bonchev–Trinajstić information content (AvgIpc) is 2.89. The number of likely N-dealkylation sites (N-methyl/N-ethyl adjacent to an activating group) is 1.